The molecule has 100 valence electrons. The first-order valence-electron chi connectivity index (χ1n) is 5.92. The van der Waals surface area contributed by atoms with Crippen molar-refractivity contribution in [2.75, 3.05) is 5.88 Å². The number of phenols is 1. The number of hydrogen-bond acceptors (Lipinski definition) is 2. The maximum atomic E-state index is 10.2. The number of alkyl halides is 1. The summed E-state index contributed by atoms with van der Waals surface area (Å²) in [4.78, 5) is 0. The average Bonchev–Trinajstić information content (AvgIpc) is 2.36. The van der Waals surface area contributed by atoms with Crippen molar-refractivity contribution in [2.45, 2.75) is 12.3 Å². The smallest absolute Gasteiger partial charge is 0.135 e. The molecule has 1 aliphatic heterocycles. The Morgan fingerprint density at radius 3 is 2.84 bits per heavy atom. The van der Waals surface area contributed by atoms with E-state index >= 15 is 0 Å². The number of benzene rings is 1. The number of phenolic OH excluding ortho intramolecular Hbond substituents is 1. The summed E-state index contributed by atoms with van der Waals surface area (Å²) in [5, 5.41) is 10.2. The third-order valence-corrected chi connectivity index (χ3v) is 4.92. The molecule has 1 heterocycles. The van der Waals surface area contributed by atoms with Crippen LogP contribution in [-0.4, -0.2) is 11.0 Å². The Morgan fingerprint density at radius 1 is 1.32 bits per heavy atom. The second-order valence-electron chi connectivity index (χ2n) is 4.69. The van der Waals surface area contributed by atoms with Crippen LogP contribution in [0.2, 0.25) is 0 Å². The van der Waals surface area contributed by atoms with E-state index in [0.29, 0.717) is 11.6 Å². The molecule has 3 rings (SSSR count). The van der Waals surface area contributed by atoms with Crippen molar-refractivity contribution in [3.05, 3.63) is 44.6 Å². The van der Waals surface area contributed by atoms with Gasteiger partial charge >= 0.3 is 0 Å². The largest absolute Gasteiger partial charge is 0.507 e. The first kappa shape index (κ1) is 13.5. The Hall–Kier alpha value is -0.450. The van der Waals surface area contributed by atoms with E-state index in [1.54, 1.807) is 6.07 Å². The van der Waals surface area contributed by atoms with Crippen LogP contribution in [-0.2, 0) is 0 Å². The van der Waals surface area contributed by atoms with Crippen LogP contribution < -0.4 is 4.74 Å². The van der Waals surface area contributed by atoms with E-state index in [1.807, 2.05) is 18.2 Å². The molecule has 1 aromatic rings. The molecule has 0 fully saturated rings. The molecule has 19 heavy (non-hydrogen) atoms. The highest BCUT2D eigenvalue weighted by Gasteiger charge is 2.37. The molecule has 2 aliphatic rings. The van der Waals surface area contributed by atoms with Gasteiger partial charge in [0.05, 0.1) is 0 Å². The summed E-state index contributed by atoms with van der Waals surface area (Å²) >= 11 is 13.0. The Balaban J connectivity index is 2.14. The fraction of sp³-hybridized carbons (Fsp3) is 0.286. The minimum atomic E-state index is 0.0611. The number of ether oxygens (including phenoxy) is 1. The lowest BCUT2D eigenvalue weighted by Crippen LogP contribution is -2.27. The fourth-order valence-corrected chi connectivity index (χ4v) is 3.95. The van der Waals surface area contributed by atoms with E-state index in [4.69, 9.17) is 16.3 Å². The Bertz CT molecular complexity index is 595. The van der Waals surface area contributed by atoms with Crippen LogP contribution >= 0.6 is 43.5 Å². The Kier molecular flexibility index (Phi) is 3.67. The van der Waals surface area contributed by atoms with Crippen molar-refractivity contribution in [1.29, 1.82) is 0 Å². The van der Waals surface area contributed by atoms with Crippen LogP contribution in [0, 0.1) is 5.92 Å². The number of rotatable bonds is 1. The van der Waals surface area contributed by atoms with Crippen LogP contribution in [0.1, 0.15) is 17.9 Å². The SMILES string of the molecule is Oc1cc(Br)cc2c1C(CCl)C1CC(Br)=CC=C1O2. The maximum absolute atomic E-state index is 10.2. The zero-order chi connectivity index (χ0) is 13.6. The topological polar surface area (TPSA) is 29.5 Å². The molecule has 2 atom stereocenters. The lowest BCUT2D eigenvalue weighted by molar-refractivity contribution is 0.278. The van der Waals surface area contributed by atoms with Crippen LogP contribution in [0.15, 0.2) is 39.0 Å². The van der Waals surface area contributed by atoms with Crippen LogP contribution in [0.5, 0.6) is 11.5 Å². The fourth-order valence-electron chi connectivity index (χ4n) is 2.67. The van der Waals surface area contributed by atoms with E-state index < -0.39 is 0 Å². The zero-order valence-corrected chi connectivity index (χ0v) is 13.8. The lowest BCUT2D eigenvalue weighted by atomic mass is 9.79. The second kappa shape index (κ2) is 5.15. The highest BCUT2D eigenvalue weighted by atomic mass is 79.9. The van der Waals surface area contributed by atoms with Gasteiger partial charge in [0, 0.05) is 27.8 Å². The summed E-state index contributed by atoms with van der Waals surface area (Å²) in [5.41, 5.74) is 0.808. The summed E-state index contributed by atoms with van der Waals surface area (Å²) in [6, 6.07) is 3.56. The summed E-state index contributed by atoms with van der Waals surface area (Å²) in [6.45, 7) is 0. The third-order valence-electron chi connectivity index (χ3n) is 3.54. The first-order valence-corrected chi connectivity index (χ1v) is 8.04. The minimum absolute atomic E-state index is 0.0611. The predicted molar refractivity (Wildman–Crippen MR) is 83.1 cm³/mol. The normalized spacial score (nSPS) is 24.8. The number of hydrogen-bond donors (Lipinski definition) is 1. The van der Waals surface area contributed by atoms with E-state index in [1.165, 1.54) is 0 Å². The molecule has 5 heteroatoms. The number of aromatic hydroxyl groups is 1. The summed E-state index contributed by atoms with van der Waals surface area (Å²) in [6.07, 6.45) is 4.82. The minimum Gasteiger partial charge on any atom is -0.507 e. The number of fused-ring (bicyclic) bond motifs is 2. The molecule has 0 aromatic heterocycles. The number of halogens is 3. The predicted octanol–water partition coefficient (Wildman–Crippen LogP) is 5.05. The quantitative estimate of drug-likeness (QED) is 0.661. The third kappa shape index (κ3) is 2.34. The molecular formula is C14H11Br2ClO2. The molecule has 0 amide bonds. The van der Waals surface area contributed by atoms with Gasteiger partial charge in [-0.05, 0) is 35.2 Å². The Labute approximate surface area is 133 Å². The van der Waals surface area contributed by atoms with Gasteiger partial charge in [-0.3, -0.25) is 0 Å². The first-order chi connectivity index (χ1) is 9.10. The monoisotopic (exact) mass is 404 g/mol. The molecule has 1 aromatic carbocycles. The number of allylic oxidation sites excluding steroid dienone is 4. The summed E-state index contributed by atoms with van der Waals surface area (Å²) in [7, 11) is 0. The van der Waals surface area contributed by atoms with Gasteiger partial charge in [0.1, 0.15) is 17.3 Å². The molecule has 0 bridgehead atoms. The molecule has 0 saturated heterocycles. The highest BCUT2D eigenvalue weighted by Crippen LogP contribution is 2.51. The van der Waals surface area contributed by atoms with Gasteiger partial charge in [0.25, 0.3) is 0 Å². The molecule has 0 radical (unpaired) electrons. The van der Waals surface area contributed by atoms with Crippen molar-refractivity contribution in [2.24, 2.45) is 5.92 Å². The van der Waals surface area contributed by atoms with E-state index in [-0.39, 0.29) is 17.6 Å². The van der Waals surface area contributed by atoms with E-state index in [0.717, 1.165) is 26.7 Å². The molecule has 2 unspecified atom stereocenters. The van der Waals surface area contributed by atoms with E-state index in [2.05, 4.69) is 31.9 Å². The van der Waals surface area contributed by atoms with Gasteiger partial charge in [-0.25, -0.2) is 0 Å². The molecule has 0 spiro atoms. The molecule has 2 nitrogen and oxygen atoms in total. The summed E-state index contributed by atoms with van der Waals surface area (Å²) < 4.78 is 7.85. The van der Waals surface area contributed by atoms with Gasteiger partial charge in [-0.2, -0.15) is 0 Å². The zero-order valence-electron chi connectivity index (χ0n) is 9.87. The van der Waals surface area contributed by atoms with Crippen LogP contribution in [0.4, 0.5) is 0 Å². The van der Waals surface area contributed by atoms with Gasteiger partial charge in [-0.1, -0.05) is 31.9 Å². The average molecular weight is 407 g/mol. The van der Waals surface area contributed by atoms with E-state index in [9.17, 15) is 5.11 Å². The maximum Gasteiger partial charge on any atom is 0.135 e. The standard InChI is InChI=1S/C14H11Br2ClO2/c15-7-1-2-12-9(3-7)10(6-17)14-11(18)4-8(16)5-13(14)19-12/h1-2,4-5,9-10,18H,3,6H2. The van der Waals surface area contributed by atoms with Gasteiger partial charge in [0.2, 0.25) is 0 Å². The van der Waals surface area contributed by atoms with Crippen molar-refractivity contribution >= 4 is 43.5 Å². The van der Waals surface area contributed by atoms with Crippen LogP contribution in [0.3, 0.4) is 0 Å². The van der Waals surface area contributed by atoms with Crippen molar-refractivity contribution in [3.63, 3.8) is 0 Å². The molecule has 0 saturated carbocycles. The van der Waals surface area contributed by atoms with Gasteiger partial charge < -0.3 is 9.84 Å². The van der Waals surface area contributed by atoms with Gasteiger partial charge in [-0.15, -0.1) is 11.6 Å². The van der Waals surface area contributed by atoms with Crippen molar-refractivity contribution in [3.8, 4) is 11.5 Å². The molecule has 1 N–H and O–H groups in total. The molecule has 1 aliphatic carbocycles. The van der Waals surface area contributed by atoms with Crippen LogP contribution in [0.25, 0.3) is 0 Å². The Morgan fingerprint density at radius 2 is 2.11 bits per heavy atom. The summed E-state index contributed by atoms with van der Waals surface area (Å²) in [5.74, 6) is 2.53. The van der Waals surface area contributed by atoms with Crippen molar-refractivity contribution in [1.82, 2.24) is 0 Å². The van der Waals surface area contributed by atoms with Crippen molar-refractivity contribution < 1.29 is 9.84 Å². The second-order valence-corrected chi connectivity index (χ2v) is 6.94. The lowest BCUT2D eigenvalue weighted by Gasteiger charge is -2.36. The molecular weight excluding hydrogens is 395 g/mol. The van der Waals surface area contributed by atoms with Gasteiger partial charge in [0.15, 0.2) is 0 Å². The highest BCUT2D eigenvalue weighted by molar-refractivity contribution is 9.11.